The fourth-order valence-electron chi connectivity index (χ4n) is 1.66. The van der Waals surface area contributed by atoms with Gasteiger partial charge in [0.2, 0.25) is 11.7 Å². The van der Waals surface area contributed by atoms with E-state index in [1.54, 1.807) is 0 Å². The maximum absolute atomic E-state index is 11.8. The molecular weight excluding hydrogens is 256 g/mol. The Kier molecular flexibility index (Phi) is 7.46. The Hall–Kier alpha value is -1.39. The van der Waals surface area contributed by atoms with Gasteiger partial charge in [-0.05, 0) is 24.2 Å². The van der Waals surface area contributed by atoms with E-state index in [4.69, 9.17) is 5.73 Å². The van der Waals surface area contributed by atoms with Crippen molar-refractivity contribution in [3.8, 4) is 0 Å². The minimum Gasteiger partial charge on any atom is -0.368 e. The monoisotopic (exact) mass is 284 g/mol. The fraction of sp³-hybridized carbons (Fsp3) is 0.800. The van der Waals surface area contributed by atoms with E-state index in [0.717, 1.165) is 12.8 Å². The van der Waals surface area contributed by atoms with Crippen molar-refractivity contribution in [2.45, 2.75) is 66.3 Å². The molecule has 0 saturated heterocycles. The van der Waals surface area contributed by atoms with Crippen LogP contribution in [0.3, 0.4) is 0 Å². The molecule has 0 aliphatic rings. The first-order valence-corrected chi connectivity index (χ1v) is 7.19. The SMILES string of the molecule is CCC(C)CC(=O)C(=O)NC(CCC(C)(C)C)C(N)=O. The Bertz CT molecular complexity index is 359. The van der Waals surface area contributed by atoms with E-state index >= 15 is 0 Å². The zero-order valence-corrected chi connectivity index (χ0v) is 13.3. The van der Waals surface area contributed by atoms with Crippen molar-refractivity contribution >= 4 is 17.6 Å². The van der Waals surface area contributed by atoms with Gasteiger partial charge in [-0.3, -0.25) is 14.4 Å². The standard InChI is InChI=1S/C15H28N2O3/c1-6-10(2)9-12(18)14(20)17-11(13(16)19)7-8-15(3,4)5/h10-11H,6-9H2,1-5H3,(H2,16,19)(H,17,20). The molecule has 0 heterocycles. The van der Waals surface area contributed by atoms with E-state index in [1.807, 2.05) is 34.6 Å². The molecule has 5 heteroatoms. The highest BCUT2D eigenvalue weighted by Gasteiger charge is 2.24. The van der Waals surface area contributed by atoms with E-state index in [1.165, 1.54) is 0 Å². The van der Waals surface area contributed by atoms with Gasteiger partial charge >= 0.3 is 0 Å². The molecule has 0 saturated carbocycles. The Morgan fingerprint density at radius 1 is 1.20 bits per heavy atom. The lowest BCUT2D eigenvalue weighted by Crippen LogP contribution is -2.47. The summed E-state index contributed by atoms with van der Waals surface area (Å²) in [6, 6.07) is -0.775. The summed E-state index contributed by atoms with van der Waals surface area (Å²) in [5.74, 6) is -1.63. The van der Waals surface area contributed by atoms with Gasteiger partial charge in [0.05, 0.1) is 0 Å². The van der Waals surface area contributed by atoms with Crippen LogP contribution in [0.1, 0.15) is 60.3 Å². The highest BCUT2D eigenvalue weighted by Crippen LogP contribution is 2.21. The van der Waals surface area contributed by atoms with E-state index in [2.05, 4.69) is 5.32 Å². The molecular formula is C15H28N2O3. The number of Topliss-reactive ketones (excluding diaryl/α,β-unsaturated/α-hetero) is 1. The zero-order valence-electron chi connectivity index (χ0n) is 13.3. The van der Waals surface area contributed by atoms with Gasteiger partial charge in [0.15, 0.2) is 0 Å². The molecule has 0 spiro atoms. The first-order valence-electron chi connectivity index (χ1n) is 7.19. The molecule has 5 nitrogen and oxygen atoms in total. The molecule has 20 heavy (non-hydrogen) atoms. The van der Waals surface area contributed by atoms with Gasteiger partial charge in [0, 0.05) is 6.42 Å². The average molecular weight is 284 g/mol. The van der Waals surface area contributed by atoms with Crippen molar-refractivity contribution in [3.63, 3.8) is 0 Å². The largest absolute Gasteiger partial charge is 0.368 e. The number of rotatable bonds is 8. The molecule has 0 aliphatic heterocycles. The van der Waals surface area contributed by atoms with Gasteiger partial charge in [0.1, 0.15) is 6.04 Å². The first kappa shape index (κ1) is 18.6. The third kappa shape index (κ3) is 7.92. The number of primary amides is 1. The highest BCUT2D eigenvalue weighted by molar-refractivity contribution is 6.36. The summed E-state index contributed by atoms with van der Waals surface area (Å²) in [4.78, 5) is 34.8. The third-order valence-electron chi connectivity index (χ3n) is 3.32. The number of nitrogens with two attached hydrogens (primary N) is 1. The molecule has 0 aromatic heterocycles. The number of carbonyl (C=O) groups is 3. The molecule has 2 atom stereocenters. The van der Waals surface area contributed by atoms with Crippen molar-refractivity contribution in [3.05, 3.63) is 0 Å². The number of carbonyl (C=O) groups excluding carboxylic acids is 3. The average Bonchev–Trinajstić information content (AvgIpc) is 2.32. The van der Waals surface area contributed by atoms with Gasteiger partial charge in [-0.1, -0.05) is 41.0 Å². The van der Waals surface area contributed by atoms with Gasteiger partial charge in [0.25, 0.3) is 5.91 Å². The van der Waals surface area contributed by atoms with Crippen LogP contribution in [0, 0.1) is 11.3 Å². The van der Waals surface area contributed by atoms with Gasteiger partial charge in [-0.15, -0.1) is 0 Å². The Morgan fingerprint density at radius 2 is 1.75 bits per heavy atom. The van der Waals surface area contributed by atoms with Crippen LogP contribution < -0.4 is 11.1 Å². The lowest BCUT2D eigenvalue weighted by molar-refractivity contribution is -0.139. The van der Waals surface area contributed by atoms with Crippen LogP contribution in [0.25, 0.3) is 0 Å². The van der Waals surface area contributed by atoms with Crippen LogP contribution in [0.2, 0.25) is 0 Å². The van der Waals surface area contributed by atoms with E-state index in [0.29, 0.717) is 6.42 Å². The zero-order chi connectivity index (χ0) is 15.9. The first-order chi connectivity index (χ1) is 9.06. The van der Waals surface area contributed by atoms with Crippen molar-refractivity contribution < 1.29 is 14.4 Å². The number of hydrogen-bond acceptors (Lipinski definition) is 3. The molecule has 0 radical (unpaired) electrons. The molecule has 116 valence electrons. The Balaban J connectivity index is 4.48. The van der Waals surface area contributed by atoms with Gasteiger partial charge in [-0.2, -0.15) is 0 Å². The summed E-state index contributed by atoms with van der Waals surface area (Å²) >= 11 is 0. The maximum atomic E-state index is 11.8. The summed E-state index contributed by atoms with van der Waals surface area (Å²) in [5.41, 5.74) is 5.32. The Labute approximate surface area is 121 Å². The smallest absolute Gasteiger partial charge is 0.288 e. The summed E-state index contributed by atoms with van der Waals surface area (Å²) in [5, 5.41) is 2.46. The molecule has 0 aliphatic carbocycles. The van der Waals surface area contributed by atoms with E-state index in [-0.39, 0.29) is 17.8 Å². The Morgan fingerprint density at radius 3 is 2.15 bits per heavy atom. The van der Waals surface area contributed by atoms with Crippen molar-refractivity contribution in [2.24, 2.45) is 17.1 Å². The summed E-state index contributed by atoms with van der Waals surface area (Å²) in [7, 11) is 0. The number of nitrogens with one attached hydrogen (secondary N) is 1. The van der Waals surface area contributed by atoms with Crippen LogP contribution in [0.4, 0.5) is 0 Å². The van der Waals surface area contributed by atoms with Crippen LogP contribution >= 0.6 is 0 Å². The minimum atomic E-state index is -0.775. The minimum absolute atomic E-state index is 0.0408. The molecule has 2 unspecified atom stereocenters. The second-order valence-corrected chi connectivity index (χ2v) is 6.67. The summed E-state index contributed by atoms with van der Waals surface area (Å²) < 4.78 is 0. The van der Waals surface area contributed by atoms with Crippen LogP contribution in [0.15, 0.2) is 0 Å². The van der Waals surface area contributed by atoms with Gasteiger partial charge in [-0.25, -0.2) is 0 Å². The maximum Gasteiger partial charge on any atom is 0.288 e. The quantitative estimate of drug-likeness (QED) is 0.666. The molecule has 0 bridgehead atoms. The van der Waals surface area contributed by atoms with Crippen molar-refractivity contribution in [2.75, 3.05) is 0 Å². The number of hydrogen-bond donors (Lipinski definition) is 2. The normalized spacial score (nSPS) is 14.4. The van der Waals surface area contributed by atoms with Crippen molar-refractivity contribution in [1.82, 2.24) is 5.32 Å². The lowest BCUT2D eigenvalue weighted by atomic mass is 9.88. The third-order valence-corrected chi connectivity index (χ3v) is 3.32. The summed E-state index contributed by atoms with van der Waals surface area (Å²) in [6.07, 6.45) is 2.22. The second-order valence-electron chi connectivity index (χ2n) is 6.67. The molecule has 2 amide bonds. The molecule has 0 aromatic carbocycles. The number of amides is 2. The van der Waals surface area contributed by atoms with E-state index in [9.17, 15) is 14.4 Å². The van der Waals surface area contributed by atoms with Crippen molar-refractivity contribution in [1.29, 1.82) is 0 Å². The molecule has 0 fully saturated rings. The topological polar surface area (TPSA) is 89.3 Å². The highest BCUT2D eigenvalue weighted by atomic mass is 16.2. The fourth-order valence-corrected chi connectivity index (χ4v) is 1.66. The van der Waals surface area contributed by atoms with E-state index < -0.39 is 23.6 Å². The predicted molar refractivity (Wildman–Crippen MR) is 78.9 cm³/mol. The van der Waals surface area contributed by atoms with Crippen LogP contribution in [-0.2, 0) is 14.4 Å². The molecule has 0 rings (SSSR count). The predicted octanol–water partition coefficient (Wildman–Crippen LogP) is 1.79. The van der Waals surface area contributed by atoms with Crippen LogP contribution in [-0.4, -0.2) is 23.6 Å². The van der Waals surface area contributed by atoms with Crippen LogP contribution in [0.5, 0.6) is 0 Å². The number of ketones is 1. The summed E-state index contributed by atoms with van der Waals surface area (Å²) in [6.45, 7) is 10.0. The molecule has 3 N–H and O–H groups in total. The second kappa shape index (κ2) is 8.02. The van der Waals surface area contributed by atoms with Gasteiger partial charge < -0.3 is 11.1 Å². The molecule has 0 aromatic rings. The lowest BCUT2D eigenvalue weighted by Gasteiger charge is -2.22.